The van der Waals surface area contributed by atoms with Gasteiger partial charge in [0.2, 0.25) is 17.7 Å². The lowest BCUT2D eigenvalue weighted by atomic mass is 9.85. The molecule has 166 valence electrons. The Balaban J connectivity index is 1.30. The van der Waals surface area contributed by atoms with Crippen LogP contribution in [-0.2, 0) is 14.4 Å². The minimum Gasteiger partial charge on any atom is -0.369 e. The standard InChI is InChI=1S/C24H32N4O3/c1-3-26-12-14-27(15-13-26)21-9-8-18(16-17(21)2)25-22(29)10-11-28-23(30)19-6-4-5-7-20(19)24(28)31/h4-5,8-9,16,19-20H,3,6-7,10-15H2,1-2H3,(H,25,29)/t19-,20+. The number of benzene rings is 1. The van der Waals surface area contributed by atoms with Gasteiger partial charge >= 0.3 is 0 Å². The van der Waals surface area contributed by atoms with E-state index in [9.17, 15) is 14.4 Å². The molecule has 4 rings (SSSR count). The van der Waals surface area contributed by atoms with Crippen LogP contribution < -0.4 is 10.2 Å². The second kappa shape index (κ2) is 9.22. The summed E-state index contributed by atoms with van der Waals surface area (Å²) in [7, 11) is 0. The fourth-order valence-electron chi connectivity index (χ4n) is 4.92. The van der Waals surface area contributed by atoms with Gasteiger partial charge in [-0.25, -0.2) is 0 Å². The highest BCUT2D eigenvalue weighted by molar-refractivity contribution is 6.05. The molecule has 7 nitrogen and oxygen atoms in total. The number of hydrogen-bond acceptors (Lipinski definition) is 5. The number of imide groups is 1. The summed E-state index contributed by atoms with van der Waals surface area (Å²) < 4.78 is 0. The number of nitrogens with zero attached hydrogens (tertiary/aromatic N) is 3. The number of nitrogens with one attached hydrogen (secondary N) is 1. The number of carbonyl (C=O) groups excluding carboxylic acids is 3. The van der Waals surface area contributed by atoms with Crippen molar-refractivity contribution in [2.75, 3.05) is 49.5 Å². The number of hydrogen-bond donors (Lipinski definition) is 1. The number of likely N-dealkylation sites (tertiary alicyclic amines) is 1. The third-order valence-electron chi connectivity index (χ3n) is 6.80. The van der Waals surface area contributed by atoms with Crippen molar-refractivity contribution in [1.29, 1.82) is 0 Å². The Kier molecular flexibility index (Phi) is 6.41. The summed E-state index contributed by atoms with van der Waals surface area (Å²) >= 11 is 0. The van der Waals surface area contributed by atoms with E-state index < -0.39 is 0 Å². The number of likely N-dealkylation sites (N-methyl/N-ethyl adjacent to an activating group) is 1. The molecule has 2 atom stereocenters. The Morgan fingerprint density at radius 3 is 2.26 bits per heavy atom. The van der Waals surface area contributed by atoms with Crippen LogP contribution in [0.2, 0.25) is 0 Å². The van der Waals surface area contributed by atoms with E-state index in [4.69, 9.17) is 0 Å². The third kappa shape index (κ3) is 4.51. The number of rotatable bonds is 6. The summed E-state index contributed by atoms with van der Waals surface area (Å²) in [6.45, 7) is 9.65. The van der Waals surface area contributed by atoms with E-state index in [-0.39, 0.29) is 42.5 Å². The summed E-state index contributed by atoms with van der Waals surface area (Å²) in [4.78, 5) is 43.7. The molecular weight excluding hydrogens is 392 g/mol. The molecule has 1 aromatic carbocycles. The third-order valence-corrected chi connectivity index (χ3v) is 6.80. The van der Waals surface area contributed by atoms with E-state index in [0.29, 0.717) is 12.8 Å². The van der Waals surface area contributed by atoms with Crippen molar-refractivity contribution in [3.05, 3.63) is 35.9 Å². The maximum Gasteiger partial charge on any atom is 0.233 e. The van der Waals surface area contributed by atoms with Gasteiger partial charge in [0.15, 0.2) is 0 Å². The zero-order valence-corrected chi connectivity index (χ0v) is 18.5. The SMILES string of the molecule is CCN1CCN(c2ccc(NC(=O)CCN3C(=O)[C@H]4CC=CC[C@H]4C3=O)cc2C)CC1. The van der Waals surface area contributed by atoms with Gasteiger partial charge < -0.3 is 15.1 Å². The predicted molar refractivity (Wildman–Crippen MR) is 121 cm³/mol. The van der Waals surface area contributed by atoms with Crippen LogP contribution in [0, 0.1) is 18.8 Å². The fourth-order valence-corrected chi connectivity index (χ4v) is 4.92. The summed E-state index contributed by atoms with van der Waals surface area (Å²) in [6, 6.07) is 5.99. The molecule has 2 heterocycles. The van der Waals surface area contributed by atoms with E-state index in [1.807, 2.05) is 24.3 Å². The lowest BCUT2D eigenvalue weighted by molar-refractivity contribution is -0.140. The Bertz CT molecular complexity index is 863. The van der Waals surface area contributed by atoms with Crippen LogP contribution >= 0.6 is 0 Å². The van der Waals surface area contributed by atoms with Crippen molar-refractivity contribution in [3.63, 3.8) is 0 Å². The van der Waals surface area contributed by atoms with Crippen LogP contribution in [0.1, 0.15) is 31.7 Å². The van der Waals surface area contributed by atoms with E-state index in [0.717, 1.165) is 44.0 Å². The Hall–Kier alpha value is -2.67. The van der Waals surface area contributed by atoms with Crippen LogP contribution in [0.3, 0.4) is 0 Å². The van der Waals surface area contributed by atoms with Crippen molar-refractivity contribution in [1.82, 2.24) is 9.80 Å². The maximum absolute atomic E-state index is 12.5. The number of anilines is 2. The lowest BCUT2D eigenvalue weighted by Gasteiger charge is -2.36. The van der Waals surface area contributed by atoms with Crippen LogP contribution in [-0.4, -0.2) is 66.8 Å². The molecule has 0 unspecified atom stereocenters. The van der Waals surface area contributed by atoms with Gasteiger partial charge in [-0.2, -0.15) is 0 Å². The van der Waals surface area contributed by atoms with Crippen molar-refractivity contribution in [3.8, 4) is 0 Å². The normalized spacial score (nSPS) is 23.9. The molecule has 0 spiro atoms. The molecule has 3 aliphatic rings. The second-order valence-corrected chi connectivity index (χ2v) is 8.70. The van der Waals surface area contributed by atoms with Crippen LogP contribution in [0.4, 0.5) is 11.4 Å². The molecule has 3 amide bonds. The molecule has 0 radical (unpaired) electrons. The maximum atomic E-state index is 12.5. The van der Waals surface area contributed by atoms with Crippen LogP contribution in [0.25, 0.3) is 0 Å². The van der Waals surface area contributed by atoms with Crippen molar-refractivity contribution >= 4 is 29.1 Å². The molecule has 7 heteroatoms. The molecule has 1 aromatic rings. The number of amides is 3. The van der Waals surface area contributed by atoms with Gasteiger partial charge in [0.25, 0.3) is 0 Å². The molecule has 0 saturated carbocycles. The molecular formula is C24H32N4O3. The molecule has 31 heavy (non-hydrogen) atoms. The van der Waals surface area contributed by atoms with E-state index >= 15 is 0 Å². The first-order valence-electron chi connectivity index (χ1n) is 11.4. The number of allylic oxidation sites excluding steroid dienone is 2. The average Bonchev–Trinajstić information content (AvgIpc) is 3.02. The quantitative estimate of drug-likeness (QED) is 0.561. The highest BCUT2D eigenvalue weighted by Crippen LogP contribution is 2.35. The van der Waals surface area contributed by atoms with E-state index in [2.05, 4.69) is 35.0 Å². The van der Waals surface area contributed by atoms with Gasteiger partial charge in [0.1, 0.15) is 0 Å². The van der Waals surface area contributed by atoms with Gasteiger partial charge in [-0.05, 0) is 50.1 Å². The summed E-state index contributed by atoms with van der Waals surface area (Å²) in [6.07, 6.45) is 5.30. The van der Waals surface area contributed by atoms with Crippen molar-refractivity contribution < 1.29 is 14.4 Å². The number of carbonyl (C=O) groups is 3. The zero-order chi connectivity index (χ0) is 22.0. The minimum atomic E-state index is -0.241. The molecule has 1 N–H and O–H groups in total. The van der Waals surface area contributed by atoms with Crippen LogP contribution in [0.15, 0.2) is 30.4 Å². The van der Waals surface area contributed by atoms with Crippen molar-refractivity contribution in [2.45, 2.75) is 33.1 Å². The second-order valence-electron chi connectivity index (χ2n) is 8.70. The van der Waals surface area contributed by atoms with Gasteiger partial charge in [-0.15, -0.1) is 0 Å². The Labute approximate surface area is 184 Å². The molecule has 2 saturated heterocycles. The largest absolute Gasteiger partial charge is 0.369 e. The summed E-state index contributed by atoms with van der Waals surface area (Å²) in [5.74, 6) is -0.923. The minimum absolute atomic E-state index is 0.115. The van der Waals surface area contributed by atoms with Crippen molar-refractivity contribution in [2.24, 2.45) is 11.8 Å². The molecule has 0 bridgehead atoms. The topological polar surface area (TPSA) is 73.0 Å². The monoisotopic (exact) mass is 424 g/mol. The first-order chi connectivity index (χ1) is 15.0. The van der Waals surface area contributed by atoms with E-state index in [1.165, 1.54) is 10.6 Å². The average molecular weight is 425 g/mol. The van der Waals surface area contributed by atoms with Crippen LogP contribution in [0.5, 0.6) is 0 Å². The number of piperazine rings is 1. The summed E-state index contributed by atoms with van der Waals surface area (Å²) in [5.41, 5.74) is 3.08. The highest BCUT2D eigenvalue weighted by atomic mass is 16.2. The molecule has 2 fully saturated rings. The number of aryl methyl sites for hydroxylation is 1. The first kappa shape index (κ1) is 21.6. The highest BCUT2D eigenvalue weighted by Gasteiger charge is 2.46. The lowest BCUT2D eigenvalue weighted by Crippen LogP contribution is -2.46. The van der Waals surface area contributed by atoms with Gasteiger partial charge in [-0.3, -0.25) is 19.3 Å². The number of fused-ring (bicyclic) bond motifs is 1. The Morgan fingerprint density at radius 1 is 1.03 bits per heavy atom. The van der Waals surface area contributed by atoms with E-state index in [1.54, 1.807) is 0 Å². The fraction of sp³-hybridized carbons (Fsp3) is 0.542. The smallest absolute Gasteiger partial charge is 0.233 e. The van der Waals surface area contributed by atoms with Gasteiger partial charge in [0.05, 0.1) is 11.8 Å². The first-order valence-corrected chi connectivity index (χ1v) is 11.4. The zero-order valence-electron chi connectivity index (χ0n) is 18.5. The molecule has 0 aromatic heterocycles. The summed E-state index contributed by atoms with van der Waals surface area (Å²) in [5, 5.41) is 2.92. The Morgan fingerprint density at radius 2 is 1.68 bits per heavy atom. The van der Waals surface area contributed by atoms with Gasteiger partial charge in [-0.1, -0.05) is 19.1 Å². The molecule has 1 aliphatic carbocycles. The predicted octanol–water partition coefficient (Wildman–Crippen LogP) is 2.42. The van der Waals surface area contributed by atoms with Gasteiger partial charge in [0, 0.05) is 50.5 Å². The molecule has 2 aliphatic heterocycles.